The average Bonchev–Trinajstić information content (AvgIpc) is 2.65. The van der Waals surface area contributed by atoms with E-state index in [-0.39, 0.29) is 11.4 Å². The van der Waals surface area contributed by atoms with Crippen molar-refractivity contribution in [2.24, 2.45) is 0 Å². The molecule has 0 unspecified atom stereocenters. The topological polar surface area (TPSA) is 28.7 Å². The zero-order valence-corrected chi connectivity index (χ0v) is 7.61. The molecule has 0 radical (unpaired) electrons. The summed E-state index contributed by atoms with van der Waals surface area (Å²) < 4.78 is 27.9. The van der Waals surface area contributed by atoms with Crippen LogP contribution in [0.4, 0.5) is 8.78 Å². The summed E-state index contributed by atoms with van der Waals surface area (Å²) in [6.07, 6.45) is 1.44. The second-order valence-electron chi connectivity index (χ2n) is 2.95. The first-order chi connectivity index (χ1) is 7.24. The van der Waals surface area contributed by atoms with Gasteiger partial charge in [0.15, 0.2) is 0 Å². The maximum absolute atomic E-state index is 13.4. The van der Waals surface area contributed by atoms with Crippen LogP contribution in [0.2, 0.25) is 0 Å². The third kappa shape index (κ3) is 1.48. The molecule has 0 aliphatic heterocycles. The molecule has 2 rings (SSSR count). The number of rotatable bonds is 1. The molecule has 0 amide bonds. The molecule has 15 heavy (non-hydrogen) atoms. The fraction of sp³-hybridized carbons (Fsp3) is 0. The summed E-state index contributed by atoms with van der Waals surface area (Å²) >= 11 is 0. The lowest BCUT2D eigenvalue weighted by Crippen LogP contribution is -2.01. The van der Waals surface area contributed by atoms with Crippen LogP contribution in [0.5, 0.6) is 0 Å². The van der Waals surface area contributed by atoms with Gasteiger partial charge in [0.25, 0.3) is 0 Å². The fourth-order valence-corrected chi connectivity index (χ4v) is 1.39. The van der Waals surface area contributed by atoms with Crippen molar-refractivity contribution in [2.45, 2.75) is 0 Å². The van der Waals surface area contributed by atoms with Crippen LogP contribution in [-0.4, -0.2) is 4.57 Å². The summed E-state index contributed by atoms with van der Waals surface area (Å²) in [6, 6.07) is 8.50. The highest BCUT2D eigenvalue weighted by molar-refractivity contribution is 5.41. The molecule has 74 valence electrons. The first-order valence-corrected chi connectivity index (χ1v) is 4.26. The van der Waals surface area contributed by atoms with Crippen molar-refractivity contribution in [3.05, 3.63) is 53.9 Å². The molecular weight excluding hydrogens is 198 g/mol. The Morgan fingerprint density at radius 3 is 2.33 bits per heavy atom. The van der Waals surface area contributed by atoms with E-state index in [0.29, 0.717) is 0 Å². The van der Waals surface area contributed by atoms with Crippen LogP contribution >= 0.6 is 0 Å². The summed E-state index contributed by atoms with van der Waals surface area (Å²) in [5.74, 6) is -1.38. The van der Waals surface area contributed by atoms with Crippen molar-refractivity contribution < 1.29 is 8.78 Å². The van der Waals surface area contributed by atoms with E-state index in [4.69, 9.17) is 5.26 Å². The summed E-state index contributed by atoms with van der Waals surface area (Å²) in [5, 5.41) is 8.73. The van der Waals surface area contributed by atoms with E-state index < -0.39 is 11.6 Å². The molecule has 0 aliphatic rings. The summed E-state index contributed by atoms with van der Waals surface area (Å²) in [4.78, 5) is 0. The van der Waals surface area contributed by atoms with E-state index in [2.05, 4.69) is 0 Å². The third-order valence-corrected chi connectivity index (χ3v) is 2.04. The number of halogens is 2. The average molecular weight is 204 g/mol. The van der Waals surface area contributed by atoms with Gasteiger partial charge in [-0.2, -0.15) is 5.26 Å². The second kappa shape index (κ2) is 3.54. The molecule has 0 bridgehead atoms. The minimum Gasteiger partial charge on any atom is -0.303 e. The van der Waals surface area contributed by atoms with Crippen molar-refractivity contribution in [1.82, 2.24) is 4.57 Å². The van der Waals surface area contributed by atoms with Gasteiger partial charge in [-0.1, -0.05) is 6.07 Å². The molecule has 0 saturated carbocycles. The van der Waals surface area contributed by atoms with Crippen LogP contribution in [0.25, 0.3) is 5.69 Å². The van der Waals surface area contributed by atoms with Gasteiger partial charge in [0.05, 0.1) is 0 Å². The summed E-state index contributed by atoms with van der Waals surface area (Å²) in [7, 11) is 0. The Bertz CT molecular complexity index is 518. The van der Waals surface area contributed by atoms with Gasteiger partial charge in [-0.15, -0.1) is 0 Å². The van der Waals surface area contributed by atoms with Crippen LogP contribution in [-0.2, 0) is 0 Å². The predicted molar refractivity (Wildman–Crippen MR) is 50.4 cm³/mol. The Balaban J connectivity index is 2.70. The van der Waals surface area contributed by atoms with E-state index in [1.54, 1.807) is 6.07 Å². The first kappa shape index (κ1) is 9.41. The molecule has 1 heterocycles. The van der Waals surface area contributed by atoms with Gasteiger partial charge >= 0.3 is 0 Å². The summed E-state index contributed by atoms with van der Waals surface area (Å²) in [6.45, 7) is 0. The normalized spacial score (nSPS) is 9.93. The minimum atomic E-state index is -0.692. The van der Waals surface area contributed by atoms with E-state index >= 15 is 0 Å². The van der Waals surface area contributed by atoms with Crippen molar-refractivity contribution >= 4 is 0 Å². The Morgan fingerprint density at radius 1 is 1.07 bits per heavy atom. The number of nitriles is 1. The van der Waals surface area contributed by atoms with Gasteiger partial charge in [-0.3, -0.25) is 0 Å². The van der Waals surface area contributed by atoms with Crippen LogP contribution in [0, 0.1) is 23.0 Å². The molecule has 4 heteroatoms. The molecule has 0 fully saturated rings. The predicted octanol–water partition coefficient (Wildman–Crippen LogP) is 2.63. The van der Waals surface area contributed by atoms with E-state index in [1.807, 2.05) is 6.07 Å². The monoisotopic (exact) mass is 204 g/mol. The van der Waals surface area contributed by atoms with E-state index in [1.165, 1.54) is 22.9 Å². The molecule has 1 aromatic heterocycles. The van der Waals surface area contributed by atoms with Crippen molar-refractivity contribution in [2.75, 3.05) is 0 Å². The lowest BCUT2D eigenvalue weighted by atomic mass is 10.3. The van der Waals surface area contributed by atoms with E-state index in [9.17, 15) is 8.78 Å². The smallest absolute Gasteiger partial charge is 0.150 e. The highest BCUT2D eigenvalue weighted by atomic mass is 19.1. The molecule has 0 spiro atoms. The maximum atomic E-state index is 13.4. The molecule has 0 N–H and O–H groups in total. The van der Waals surface area contributed by atoms with Gasteiger partial charge in [-0.05, 0) is 24.3 Å². The second-order valence-corrected chi connectivity index (χ2v) is 2.95. The Hall–Kier alpha value is -2.15. The Kier molecular flexibility index (Phi) is 2.22. The number of hydrogen-bond acceptors (Lipinski definition) is 1. The number of benzene rings is 1. The zero-order chi connectivity index (χ0) is 10.8. The Morgan fingerprint density at radius 2 is 1.73 bits per heavy atom. The lowest BCUT2D eigenvalue weighted by molar-refractivity contribution is 0.569. The SMILES string of the molecule is N#Cc1cccn1-c1c(F)cccc1F. The van der Waals surface area contributed by atoms with Gasteiger partial charge in [0.1, 0.15) is 29.1 Å². The molecule has 1 aromatic carbocycles. The van der Waals surface area contributed by atoms with Gasteiger partial charge in [0.2, 0.25) is 0 Å². The van der Waals surface area contributed by atoms with Crippen LogP contribution < -0.4 is 0 Å². The van der Waals surface area contributed by atoms with Crippen molar-refractivity contribution in [1.29, 1.82) is 5.26 Å². The highest BCUT2D eigenvalue weighted by Gasteiger charge is 2.12. The Labute approximate surface area is 85.0 Å². The molecule has 2 nitrogen and oxygen atoms in total. The zero-order valence-electron chi connectivity index (χ0n) is 7.61. The van der Waals surface area contributed by atoms with Gasteiger partial charge < -0.3 is 4.57 Å². The number of para-hydroxylation sites is 1. The molecular formula is C11H6F2N2. The first-order valence-electron chi connectivity index (χ1n) is 4.26. The quantitative estimate of drug-likeness (QED) is 0.701. The standard InChI is InChI=1S/C11H6F2N2/c12-9-4-1-5-10(13)11(9)15-6-2-3-8(15)7-14/h1-6H. The molecule has 0 atom stereocenters. The van der Waals surface area contributed by atoms with Gasteiger partial charge in [0, 0.05) is 6.20 Å². The van der Waals surface area contributed by atoms with Crippen LogP contribution in [0.3, 0.4) is 0 Å². The largest absolute Gasteiger partial charge is 0.303 e. The maximum Gasteiger partial charge on any atom is 0.150 e. The molecule has 0 saturated heterocycles. The van der Waals surface area contributed by atoms with Gasteiger partial charge in [-0.25, -0.2) is 8.78 Å². The van der Waals surface area contributed by atoms with Crippen LogP contribution in [0.15, 0.2) is 36.5 Å². The minimum absolute atomic E-state index is 0.194. The number of aromatic nitrogens is 1. The molecule has 0 aliphatic carbocycles. The fourth-order valence-electron chi connectivity index (χ4n) is 1.39. The highest BCUT2D eigenvalue weighted by Crippen LogP contribution is 2.19. The van der Waals surface area contributed by atoms with Crippen molar-refractivity contribution in [3.63, 3.8) is 0 Å². The number of hydrogen-bond donors (Lipinski definition) is 0. The van der Waals surface area contributed by atoms with E-state index in [0.717, 1.165) is 12.1 Å². The summed E-state index contributed by atoms with van der Waals surface area (Å²) in [5.41, 5.74) is -0.0296. The van der Waals surface area contributed by atoms with Crippen molar-refractivity contribution in [3.8, 4) is 11.8 Å². The van der Waals surface area contributed by atoms with Crippen LogP contribution in [0.1, 0.15) is 5.69 Å². The molecule has 2 aromatic rings. The number of nitrogens with zero attached hydrogens (tertiary/aromatic N) is 2. The lowest BCUT2D eigenvalue weighted by Gasteiger charge is -2.06. The third-order valence-electron chi connectivity index (χ3n) is 2.04.